The summed E-state index contributed by atoms with van der Waals surface area (Å²) in [5, 5.41) is 4.07. The van der Waals surface area contributed by atoms with Gasteiger partial charge in [0.05, 0.1) is 18.6 Å². The van der Waals surface area contributed by atoms with Crippen molar-refractivity contribution in [2.45, 2.75) is 19.4 Å². The van der Waals surface area contributed by atoms with Crippen LogP contribution < -0.4 is 5.32 Å². The Morgan fingerprint density at radius 1 is 1.40 bits per heavy atom. The Labute approximate surface area is 125 Å². The summed E-state index contributed by atoms with van der Waals surface area (Å²) in [5.41, 5.74) is 0. The lowest BCUT2D eigenvalue weighted by atomic mass is 10.2. The molecule has 0 radical (unpaired) electrons. The number of halogens is 1. The van der Waals surface area contributed by atoms with Gasteiger partial charge in [-0.1, -0.05) is 29.8 Å². The lowest BCUT2D eigenvalue weighted by Crippen LogP contribution is -2.34. The zero-order valence-corrected chi connectivity index (χ0v) is 12.7. The number of benzene rings is 1. The molecular weight excluding hydrogens is 298 g/mol. The standard InChI is InChI=1S/C14H14ClNO3S/c1-8(7-11(17)19-2)16-14(18)13-12(15)9-5-3-4-6-10(9)20-13/h3-6,8H,7H2,1-2H3,(H,16,18). The first-order valence-corrected chi connectivity index (χ1v) is 7.27. The first-order chi connectivity index (χ1) is 9.52. The van der Waals surface area contributed by atoms with Crippen LogP contribution >= 0.6 is 22.9 Å². The van der Waals surface area contributed by atoms with E-state index in [9.17, 15) is 9.59 Å². The van der Waals surface area contributed by atoms with Gasteiger partial charge in [0.2, 0.25) is 0 Å². The van der Waals surface area contributed by atoms with Crippen molar-refractivity contribution in [2.24, 2.45) is 0 Å². The largest absolute Gasteiger partial charge is 0.469 e. The smallest absolute Gasteiger partial charge is 0.307 e. The van der Waals surface area contributed by atoms with Crippen molar-refractivity contribution in [3.8, 4) is 0 Å². The maximum absolute atomic E-state index is 12.2. The van der Waals surface area contributed by atoms with E-state index in [1.54, 1.807) is 6.92 Å². The second-order valence-electron chi connectivity index (χ2n) is 4.40. The first kappa shape index (κ1) is 14.8. The van der Waals surface area contributed by atoms with Crippen LogP contribution in [0, 0.1) is 0 Å². The van der Waals surface area contributed by atoms with Gasteiger partial charge in [-0.15, -0.1) is 11.3 Å². The minimum Gasteiger partial charge on any atom is -0.469 e. The van der Waals surface area contributed by atoms with Gasteiger partial charge in [0.1, 0.15) is 4.88 Å². The van der Waals surface area contributed by atoms with E-state index in [1.165, 1.54) is 18.4 Å². The first-order valence-electron chi connectivity index (χ1n) is 6.07. The highest BCUT2D eigenvalue weighted by molar-refractivity contribution is 7.21. The van der Waals surface area contributed by atoms with Gasteiger partial charge in [-0.25, -0.2) is 0 Å². The summed E-state index contributed by atoms with van der Waals surface area (Å²) in [6, 6.07) is 7.26. The molecule has 0 aliphatic rings. The Balaban J connectivity index is 2.15. The van der Waals surface area contributed by atoms with Crippen LogP contribution in [0.15, 0.2) is 24.3 Å². The average molecular weight is 312 g/mol. The Hall–Kier alpha value is -1.59. The van der Waals surface area contributed by atoms with E-state index in [4.69, 9.17) is 11.6 Å². The van der Waals surface area contributed by atoms with Gasteiger partial charge in [-0.3, -0.25) is 9.59 Å². The lowest BCUT2D eigenvalue weighted by Gasteiger charge is -2.11. The highest BCUT2D eigenvalue weighted by Crippen LogP contribution is 2.35. The van der Waals surface area contributed by atoms with Gasteiger partial charge >= 0.3 is 5.97 Å². The number of nitrogens with one attached hydrogen (secondary N) is 1. The predicted molar refractivity (Wildman–Crippen MR) is 80.4 cm³/mol. The fourth-order valence-electron chi connectivity index (χ4n) is 1.83. The molecule has 0 spiro atoms. The highest BCUT2D eigenvalue weighted by Gasteiger charge is 2.19. The summed E-state index contributed by atoms with van der Waals surface area (Å²) in [6.45, 7) is 1.75. The number of rotatable bonds is 4. The fourth-order valence-corrected chi connectivity index (χ4v) is 3.25. The highest BCUT2D eigenvalue weighted by atomic mass is 35.5. The van der Waals surface area contributed by atoms with E-state index in [-0.39, 0.29) is 24.3 Å². The van der Waals surface area contributed by atoms with Crippen LogP contribution in [-0.2, 0) is 9.53 Å². The van der Waals surface area contributed by atoms with Crippen molar-refractivity contribution in [1.29, 1.82) is 0 Å². The monoisotopic (exact) mass is 311 g/mol. The van der Waals surface area contributed by atoms with Crippen molar-refractivity contribution in [3.05, 3.63) is 34.2 Å². The lowest BCUT2D eigenvalue weighted by molar-refractivity contribution is -0.141. The fraction of sp³-hybridized carbons (Fsp3) is 0.286. The van der Waals surface area contributed by atoms with Crippen LogP contribution in [0.2, 0.25) is 5.02 Å². The van der Waals surface area contributed by atoms with E-state index in [1.807, 2.05) is 24.3 Å². The van der Waals surface area contributed by atoms with Crippen molar-refractivity contribution in [2.75, 3.05) is 7.11 Å². The van der Waals surface area contributed by atoms with Crippen molar-refractivity contribution >= 4 is 44.9 Å². The normalized spacial score (nSPS) is 12.2. The van der Waals surface area contributed by atoms with Crippen LogP contribution in [0.25, 0.3) is 10.1 Å². The molecule has 106 valence electrons. The molecule has 1 amide bonds. The number of ether oxygens (including phenoxy) is 1. The Kier molecular flexibility index (Phi) is 4.62. The third-order valence-corrected chi connectivity index (χ3v) is 4.49. The SMILES string of the molecule is COC(=O)CC(C)NC(=O)c1sc2ccccc2c1Cl. The third kappa shape index (κ3) is 3.11. The van der Waals surface area contributed by atoms with Crippen LogP contribution in [0.3, 0.4) is 0 Å². The molecule has 1 heterocycles. The molecule has 1 unspecified atom stereocenters. The number of hydrogen-bond acceptors (Lipinski definition) is 4. The molecule has 6 heteroatoms. The molecule has 20 heavy (non-hydrogen) atoms. The average Bonchev–Trinajstić information content (AvgIpc) is 2.76. The van der Waals surface area contributed by atoms with Gasteiger partial charge in [0.15, 0.2) is 0 Å². The molecule has 0 saturated carbocycles. The Bertz CT molecular complexity index is 653. The number of carbonyl (C=O) groups is 2. The molecule has 0 bridgehead atoms. The summed E-state index contributed by atoms with van der Waals surface area (Å²) in [5.74, 6) is -0.632. The summed E-state index contributed by atoms with van der Waals surface area (Å²) in [7, 11) is 1.32. The van der Waals surface area contributed by atoms with Crippen molar-refractivity contribution in [1.82, 2.24) is 5.32 Å². The molecule has 1 atom stereocenters. The molecule has 1 N–H and O–H groups in total. The van der Waals surface area contributed by atoms with E-state index >= 15 is 0 Å². The number of fused-ring (bicyclic) bond motifs is 1. The van der Waals surface area contributed by atoms with Crippen LogP contribution in [-0.4, -0.2) is 25.0 Å². The maximum atomic E-state index is 12.2. The third-order valence-electron chi connectivity index (χ3n) is 2.82. The number of methoxy groups -OCH3 is 1. The van der Waals surface area contributed by atoms with Crippen LogP contribution in [0.5, 0.6) is 0 Å². The number of thiophene rings is 1. The maximum Gasteiger partial charge on any atom is 0.307 e. The number of amides is 1. The molecule has 2 rings (SSSR count). The predicted octanol–water partition coefficient (Wildman–Crippen LogP) is 3.24. The number of carbonyl (C=O) groups excluding carboxylic acids is 2. The molecule has 1 aromatic heterocycles. The molecule has 2 aromatic rings. The van der Waals surface area contributed by atoms with E-state index in [0.717, 1.165) is 10.1 Å². The number of hydrogen-bond donors (Lipinski definition) is 1. The second kappa shape index (κ2) is 6.24. The molecule has 4 nitrogen and oxygen atoms in total. The quantitative estimate of drug-likeness (QED) is 0.882. The van der Waals surface area contributed by atoms with Gasteiger partial charge in [-0.2, -0.15) is 0 Å². The van der Waals surface area contributed by atoms with Crippen molar-refractivity contribution < 1.29 is 14.3 Å². The van der Waals surface area contributed by atoms with E-state index < -0.39 is 0 Å². The minimum atomic E-state index is -0.361. The summed E-state index contributed by atoms with van der Waals surface area (Å²) < 4.78 is 5.53. The minimum absolute atomic E-state index is 0.130. The van der Waals surface area contributed by atoms with Crippen molar-refractivity contribution in [3.63, 3.8) is 0 Å². The Morgan fingerprint density at radius 3 is 2.75 bits per heavy atom. The Morgan fingerprint density at radius 2 is 2.10 bits per heavy atom. The summed E-state index contributed by atoms with van der Waals surface area (Å²) in [4.78, 5) is 23.8. The summed E-state index contributed by atoms with van der Waals surface area (Å²) >= 11 is 7.56. The topological polar surface area (TPSA) is 55.4 Å². The van der Waals surface area contributed by atoms with Crippen LogP contribution in [0.1, 0.15) is 23.0 Å². The zero-order chi connectivity index (χ0) is 14.7. The molecule has 0 fully saturated rings. The van der Waals surface area contributed by atoms with Crippen LogP contribution in [0.4, 0.5) is 0 Å². The molecule has 1 aromatic carbocycles. The van der Waals surface area contributed by atoms with E-state index in [2.05, 4.69) is 10.1 Å². The molecule has 0 saturated heterocycles. The van der Waals surface area contributed by atoms with Gasteiger partial charge in [0.25, 0.3) is 5.91 Å². The molecule has 0 aliphatic carbocycles. The van der Waals surface area contributed by atoms with Gasteiger partial charge in [-0.05, 0) is 13.0 Å². The zero-order valence-electron chi connectivity index (χ0n) is 11.1. The molecule has 0 aliphatic heterocycles. The summed E-state index contributed by atoms with van der Waals surface area (Å²) in [6.07, 6.45) is 0.130. The molecular formula is C14H14ClNO3S. The van der Waals surface area contributed by atoms with E-state index in [0.29, 0.717) is 9.90 Å². The van der Waals surface area contributed by atoms with Gasteiger partial charge < -0.3 is 10.1 Å². The number of esters is 1. The van der Waals surface area contributed by atoms with Gasteiger partial charge in [0, 0.05) is 16.1 Å². The second-order valence-corrected chi connectivity index (χ2v) is 5.83.